The van der Waals surface area contributed by atoms with Gasteiger partial charge in [0.2, 0.25) is 0 Å². The zero-order valence-corrected chi connectivity index (χ0v) is 21.2. The van der Waals surface area contributed by atoms with Crippen LogP contribution in [0.15, 0.2) is 42.5 Å². The zero-order chi connectivity index (χ0) is 25.1. The first kappa shape index (κ1) is 27.8. The number of benzene rings is 2. The molecule has 2 aromatic rings. The molecule has 0 amide bonds. The van der Waals surface area contributed by atoms with Crippen molar-refractivity contribution in [3.63, 3.8) is 0 Å². The summed E-state index contributed by atoms with van der Waals surface area (Å²) in [5, 5.41) is 13.6. The Morgan fingerprint density at radius 2 is 1.76 bits per heavy atom. The van der Waals surface area contributed by atoms with Crippen LogP contribution in [0.4, 0.5) is 0 Å². The van der Waals surface area contributed by atoms with Crippen LogP contribution in [0.3, 0.4) is 0 Å². The van der Waals surface area contributed by atoms with Gasteiger partial charge in [-0.1, -0.05) is 48.0 Å². The molecule has 2 unspecified atom stereocenters. The third-order valence-corrected chi connectivity index (χ3v) is 5.12. The number of aliphatic hydroxyl groups is 1. The fourth-order valence-electron chi connectivity index (χ4n) is 3.74. The molecule has 7 heteroatoms. The number of nitrogens with one attached hydrogen (secondary N) is 1. The fourth-order valence-corrected chi connectivity index (χ4v) is 3.74. The number of methoxy groups -OCH3 is 1. The van der Waals surface area contributed by atoms with Crippen molar-refractivity contribution >= 4 is 5.97 Å². The Hall–Kier alpha value is -2.45. The molecule has 0 spiro atoms. The Morgan fingerprint density at radius 3 is 2.38 bits per heavy atom. The predicted molar refractivity (Wildman–Crippen MR) is 132 cm³/mol. The summed E-state index contributed by atoms with van der Waals surface area (Å²) < 4.78 is 22.2. The van der Waals surface area contributed by atoms with Gasteiger partial charge in [0, 0.05) is 18.7 Å². The molecule has 2 N–H and O–H groups in total. The van der Waals surface area contributed by atoms with Crippen LogP contribution in [0, 0.1) is 13.8 Å². The Bertz CT molecular complexity index is 894. The van der Waals surface area contributed by atoms with Gasteiger partial charge in [0.25, 0.3) is 0 Å². The minimum Gasteiger partial charge on any atom is -0.467 e. The number of aryl methyl sites for hydroxylation is 2. The summed E-state index contributed by atoms with van der Waals surface area (Å²) in [4.78, 5) is 12.9. The second-order valence-corrected chi connectivity index (χ2v) is 9.32. The molecule has 188 valence electrons. The van der Waals surface area contributed by atoms with Gasteiger partial charge in [0.05, 0.1) is 32.3 Å². The molecule has 34 heavy (non-hydrogen) atoms. The number of rotatable bonds is 13. The minimum absolute atomic E-state index is 0.0571. The van der Waals surface area contributed by atoms with E-state index in [1.54, 1.807) is 7.11 Å². The highest BCUT2D eigenvalue weighted by molar-refractivity contribution is 5.71. The van der Waals surface area contributed by atoms with E-state index in [0.29, 0.717) is 19.0 Å². The van der Waals surface area contributed by atoms with Crippen LogP contribution >= 0.6 is 0 Å². The van der Waals surface area contributed by atoms with Crippen molar-refractivity contribution in [1.29, 1.82) is 0 Å². The van der Waals surface area contributed by atoms with E-state index in [4.69, 9.17) is 18.9 Å². The van der Waals surface area contributed by atoms with E-state index in [2.05, 4.69) is 5.32 Å². The summed E-state index contributed by atoms with van der Waals surface area (Å²) in [5.74, 6) is 0.310. The number of aliphatic hydroxyl groups excluding tert-OH is 1. The van der Waals surface area contributed by atoms with Crippen LogP contribution < -0.4 is 10.1 Å². The smallest absolute Gasteiger partial charge is 0.308 e. The van der Waals surface area contributed by atoms with Crippen molar-refractivity contribution in [3.05, 3.63) is 64.7 Å². The number of hydrogen-bond acceptors (Lipinski definition) is 7. The molecule has 0 aliphatic carbocycles. The number of esters is 1. The summed E-state index contributed by atoms with van der Waals surface area (Å²) in [5.41, 5.74) is 3.11. The molecule has 0 saturated heterocycles. The Morgan fingerprint density at radius 1 is 1.06 bits per heavy atom. The predicted octanol–water partition coefficient (Wildman–Crippen LogP) is 4.40. The van der Waals surface area contributed by atoms with E-state index in [9.17, 15) is 9.90 Å². The summed E-state index contributed by atoms with van der Waals surface area (Å²) in [6.07, 6.45) is 0.0738. The normalized spacial score (nSPS) is 13.4. The first-order valence-electron chi connectivity index (χ1n) is 11.6. The van der Waals surface area contributed by atoms with Crippen molar-refractivity contribution in [1.82, 2.24) is 5.32 Å². The first-order valence-corrected chi connectivity index (χ1v) is 11.6. The van der Waals surface area contributed by atoms with Crippen molar-refractivity contribution in [2.75, 3.05) is 33.7 Å². The second kappa shape index (κ2) is 13.4. The Labute approximate surface area is 203 Å². The van der Waals surface area contributed by atoms with Crippen LogP contribution in [0.5, 0.6) is 5.75 Å². The van der Waals surface area contributed by atoms with Crippen LogP contribution in [0.1, 0.15) is 61.5 Å². The molecule has 0 aromatic heterocycles. The van der Waals surface area contributed by atoms with Gasteiger partial charge in [-0.15, -0.1) is 0 Å². The third kappa shape index (κ3) is 9.06. The van der Waals surface area contributed by atoms with Crippen LogP contribution in [0.2, 0.25) is 0 Å². The van der Waals surface area contributed by atoms with Gasteiger partial charge in [0.15, 0.2) is 6.79 Å². The molecule has 2 rings (SSSR count). The molecule has 0 aliphatic heterocycles. The van der Waals surface area contributed by atoms with E-state index in [1.165, 1.54) is 0 Å². The van der Waals surface area contributed by atoms with Crippen LogP contribution in [-0.2, 0) is 19.0 Å². The standard InChI is InChI=1S/C27H39NO6/c1-19-14-20(2)26(33-18-32-13-12-31-6)22(15-19)23(16-25(30)34-27(3,4)5)28-24(17-29)21-10-8-7-9-11-21/h7-11,14-15,23-24,28-29H,12-13,16-18H2,1-6H3. The largest absolute Gasteiger partial charge is 0.467 e. The van der Waals surface area contributed by atoms with Gasteiger partial charge in [-0.25, -0.2) is 0 Å². The number of carbonyl (C=O) groups is 1. The monoisotopic (exact) mass is 473 g/mol. The topological polar surface area (TPSA) is 86.3 Å². The fraction of sp³-hybridized carbons (Fsp3) is 0.519. The average Bonchev–Trinajstić information content (AvgIpc) is 2.76. The molecular formula is C27H39NO6. The highest BCUT2D eigenvalue weighted by atomic mass is 16.7. The first-order chi connectivity index (χ1) is 16.1. The molecule has 2 aromatic carbocycles. The molecule has 0 saturated carbocycles. The van der Waals surface area contributed by atoms with Gasteiger partial charge in [-0.3, -0.25) is 4.79 Å². The molecule has 0 aliphatic rings. The van der Waals surface area contributed by atoms with E-state index >= 15 is 0 Å². The highest BCUT2D eigenvalue weighted by Gasteiger charge is 2.27. The van der Waals surface area contributed by atoms with Crippen LogP contribution in [-0.4, -0.2) is 50.4 Å². The summed E-state index contributed by atoms with van der Waals surface area (Å²) in [6.45, 7) is 10.3. The quantitative estimate of drug-likeness (QED) is 0.253. The van der Waals surface area contributed by atoms with E-state index < -0.39 is 11.6 Å². The van der Waals surface area contributed by atoms with Crippen molar-refractivity contribution < 1.29 is 28.8 Å². The van der Waals surface area contributed by atoms with Gasteiger partial charge >= 0.3 is 5.97 Å². The molecule has 7 nitrogen and oxygen atoms in total. The molecule has 0 bridgehead atoms. The molecule has 2 atom stereocenters. The van der Waals surface area contributed by atoms with E-state index in [0.717, 1.165) is 22.3 Å². The summed E-state index contributed by atoms with van der Waals surface area (Å²) in [7, 11) is 1.61. The maximum atomic E-state index is 12.9. The average molecular weight is 474 g/mol. The Kier molecular flexibility index (Phi) is 11.0. The second-order valence-electron chi connectivity index (χ2n) is 9.32. The summed E-state index contributed by atoms with van der Waals surface area (Å²) in [6, 6.07) is 12.9. The third-order valence-electron chi connectivity index (χ3n) is 5.12. The minimum atomic E-state index is -0.603. The van der Waals surface area contributed by atoms with Gasteiger partial charge in [-0.05, 0) is 45.7 Å². The molecule has 0 fully saturated rings. The lowest BCUT2D eigenvalue weighted by molar-refractivity contribution is -0.155. The summed E-state index contributed by atoms with van der Waals surface area (Å²) >= 11 is 0. The van der Waals surface area contributed by atoms with Crippen molar-refractivity contribution in [2.24, 2.45) is 0 Å². The number of ether oxygens (including phenoxy) is 4. The van der Waals surface area contributed by atoms with Crippen molar-refractivity contribution in [2.45, 2.75) is 58.7 Å². The lowest BCUT2D eigenvalue weighted by Gasteiger charge is -2.29. The number of carbonyl (C=O) groups excluding carboxylic acids is 1. The maximum Gasteiger partial charge on any atom is 0.308 e. The lowest BCUT2D eigenvalue weighted by Crippen LogP contribution is -2.33. The van der Waals surface area contributed by atoms with Crippen LogP contribution in [0.25, 0.3) is 0 Å². The number of hydrogen-bond donors (Lipinski definition) is 2. The lowest BCUT2D eigenvalue weighted by atomic mass is 9.95. The Balaban J connectivity index is 2.39. The van der Waals surface area contributed by atoms with E-state index in [1.807, 2.05) is 77.1 Å². The highest BCUT2D eigenvalue weighted by Crippen LogP contribution is 2.34. The SMILES string of the molecule is COCCOCOc1c(C)cc(C)cc1C(CC(=O)OC(C)(C)C)NC(CO)c1ccccc1. The van der Waals surface area contributed by atoms with Gasteiger partial charge in [-0.2, -0.15) is 0 Å². The van der Waals surface area contributed by atoms with Gasteiger partial charge < -0.3 is 29.4 Å². The molecule has 0 radical (unpaired) electrons. The van der Waals surface area contributed by atoms with E-state index in [-0.39, 0.29) is 31.8 Å². The van der Waals surface area contributed by atoms with Crippen molar-refractivity contribution in [3.8, 4) is 5.75 Å². The molecule has 0 heterocycles. The zero-order valence-electron chi connectivity index (χ0n) is 21.2. The van der Waals surface area contributed by atoms with Gasteiger partial charge in [0.1, 0.15) is 11.4 Å². The maximum absolute atomic E-state index is 12.9. The molecular weight excluding hydrogens is 434 g/mol.